The van der Waals surface area contributed by atoms with Crippen LogP contribution in [0.1, 0.15) is 6.92 Å². The van der Waals surface area contributed by atoms with Gasteiger partial charge in [-0.1, -0.05) is 23.5 Å². The first kappa shape index (κ1) is 12.4. The standard InChI is InChI=1S/C12H11N3O2S/c1-8(7-11(16)17-2)14-15-12-13-9-5-3-4-6-10(9)18-12/h3-7H,1-2H3/b8-7+,15-14?. The molecular weight excluding hydrogens is 250 g/mol. The molecule has 1 heterocycles. The van der Waals surface area contributed by atoms with Crippen molar-refractivity contribution < 1.29 is 9.53 Å². The lowest BCUT2D eigenvalue weighted by atomic mass is 10.3. The third-order valence-electron chi connectivity index (χ3n) is 2.10. The van der Waals surface area contributed by atoms with Gasteiger partial charge in [-0.3, -0.25) is 0 Å². The first-order valence-corrected chi connectivity index (χ1v) is 6.04. The number of esters is 1. The molecule has 0 aliphatic heterocycles. The summed E-state index contributed by atoms with van der Waals surface area (Å²) >= 11 is 1.45. The summed E-state index contributed by atoms with van der Waals surface area (Å²) in [7, 11) is 1.32. The Morgan fingerprint density at radius 2 is 2.22 bits per heavy atom. The number of azo groups is 1. The normalized spacial score (nSPS) is 12.2. The van der Waals surface area contributed by atoms with Crippen LogP contribution in [-0.2, 0) is 9.53 Å². The van der Waals surface area contributed by atoms with E-state index < -0.39 is 5.97 Å². The second kappa shape index (κ2) is 5.50. The van der Waals surface area contributed by atoms with Gasteiger partial charge >= 0.3 is 5.97 Å². The SMILES string of the molecule is COC(=O)/C=C(\C)N=Nc1nc2ccccc2s1. The number of rotatable bonds is 3. The van der Waals surface area contributed by atoms with Crippen molar-refractivity contribution in [1.29, 1.82) is 0 Å². The molecule has 0 aliphatic carbocycles. The molecule has 1 aromatic carbocycles. The molecule has 0 fully saturated rings. The van der Waals surface area contributed by atoms with Gasteiger partial charge in [0.05, 0.1) is 23.0 Å². The lowest BCUT2D eigenvalue weighted by molar-refractivity contribution is -0.134. The number of nitrogens with zero attached hydrogens (tertiary/aromatic N) is 3. The van der Waals surface area contributed by atoms with E-state index in [0.29, 0.717) is 10.8 Å². The molecule has 1 aromatic heterocycles. The van der Waals surface area contributed by atoms with E-state index in [2.05, 4.69) is 19.9 Å². The molecule has 92 valence electrons. The smallest absolute Gasteiger partial charge is 0.332 e. The molecule has 0 spiro atoms. The van der Waals surface area contributed by atoms with Crippen molar-refractivity contribution in [3.8, 4) is 0 Å². The minimum absolute atomic E-state index is 0.448. The third kappa shape index (κ3) is 2.98. The van der Waals surface area contributed by atoms with Crippen LogP contribution in [0.2, 0.25) is 0 Å². The maximum Gasteiger partial charge on any atom is 0.332 e. The number of fused-ring (bicyclic) bond motifs is 1. The summed E-state index contributed by atoms with van der Waals surface area (Å²) < 4.78 is 5.55. The molecule has 0 amide bonds. The van der Waals surface area contributed by atoms with Crippen LogP contribution in [0.4, 0.5) is 5.13 Å². The molecule has 0 saturated heterocycles. The molecular formula is C12H11N3O2S. The fraction of sp³-hybridized carbons (Fsp3) is 0.167. The molecule has 2 aromatic rings. The Bertz CT molecular complexity index is 598. The quantitative estimate of drug-likeness (QED) is 0.483. The number of thiazole rings is 1. The molecule has 5 nitrogen and oxygen atoms in total. The van der Waals surface area contributed by atoms with Crippen molar-refractivity contribution in [3.63, 3.8) is 0 Å². The predicted octanol–water partition coefficient (Wildman–Crippen LogP) is 3.46. The average Bonchev–Trinajstić information content (AvgIpc) is 2.79. The lowest BCUT2D eigenvalue weighted by Gasteiger charge is -1.90. The monoisotopic (exact) mass is 261 g/mol. The van der Waals surface area contributed by atoms with Crippen molar-refractivity contribution >= 4 is 32.7 Å². The number of aromatic nitrogens is 1. The van der Waals surface area contributed by atoms with E-state index in [1.165, 1.54) is 24.5 Å². The maximum atomic E-state index is 11.0. The van der Waals surface area contributed by atoms with Gasteiger partial charge in [-0.15, -0.1) is 5.11 Å². The van der Waals surface area contributed by atoms with Gasteiger partial charge in [-0.05, 0) is 19.1 Å². The number of hydrogen-bond acceptors (Lipinski definition) is 6. The molecule has 0 aliphatic rings. The topological polar surface area (TPSA) is 63.9 Å². The summed E-state index contributed by atoms with van der Waals surface area (Å²) in [6.07, 6.45) is 1.27. The van der Waals surface area contributed by atoms with Crippen LogP contribution in [0.3, 0.4) is 0 Å². The largest absolute Gasteiger partial charge is 0.466 e. The molecule has 2 rings (SSSR count). The van der Waals surface area contributed by atoms with E-state index >= 15 is 0 Å². The molecule has 0 bridgehead atoms. The van der Waals surface area contributed by atoms with Crippen molar-refractivity contribution in [2.45, 2.75) is 6.92 Å². The van der Waals surface area contributed by atoms with Crippen molar-refractivity contribution in [2.24, 2.45) is 10.2 Å². The number of hydrogen-bond donors (Lipinski definition) is 0. The number of benzene rings is 1. The summed E-state index contributed by atoms with van der Waals surface area (Å²) in [5.41, 5.74) is 1.37. The average molecular weight is 261 g/mol. The Labute approximate surface area is 108 Å². The molecule has 6 heteroatoms. The van der Waals surface area contributed by atoms with Crippen molar-refractivity contribution in [3.05, 3.63) is 36.0 Å². The Morgan fingerprint density at radius 3 is 2.94 bits per heavy atom. The molecule has 0 atom stereocenters. The minimum Gasteiger partial charge on any atom is -0.466 e. The minimum atomic E-state index is -0.448. The maximum absolute atomic E-state index is 11.0. The van der Waals surface area contributed by atoms with Gasteiger partial charge < -0.3 is 4.74 Å². The fourth-order valence-electron chi connectivity index (χ4n) is 1.28. The van der Waals surface area contributed by atoms with Crippen LogP contribution in [0.5, 0.6) is 0 Å². The van der Waals surface area contributed by atoms with Gasteiger partial charge in [-0.25, -0.2) is 9.78 Å². The summed E-state index contributed by atoms with van der Waals surface area (Å²) in [6.45, 7) is 1.67. The number of carbonyl (C=O) groups excluding carboxylic acids is 1. The zero-order valence-corrected chi connectivity index (χ0v) is 10.8. The van der Waals surface area contributed by atoms with Gasteiger partial charge in [0, 0.05) is 6.08 Å². The van der Waals surface area contributed by atoms with E-state index in [1.54, 1.807) is 6.92 Å². The Balaban J connectivity index is 2.18. The summed E-state index contributed by atoms with van der Waals surface area (Å²) in [5, 5.41) is 8.46. The number of ether oxygens (including phenoxy) is 1. The zero-order valence-electron chi connectivity index (χ0n) is 9.95. The Hall–Kier alpha value is -2.08. The molecule has 0 radical (unpaired) electrons. The highest BCUT2D eigenvalue weighted by Crippen LogP contribution is 2.28. The van der Waals surface area contributed by atoms with Crippen LogP contribution in [0.25, 0.3) is 10.2 Å². The molecule has 0 saturated carbocycles. The zero-order chi connectivity index (χ0) is 13.0. The summed E-state index contributed by atoms with van der Waals surface area (Å²) in [5.74, 6) is -0.448. The van der Waals surface area contributed by atoms with Gasteiger partial charge in [0.25, 0.3) is 0 Å². The number of methoxy groups -OCH3 is 1. The van der Waals surface area contributed by atoms with Gasteiger partial charge in [0.2, 0.25) is 5.13 Å². The first-order chi connectivity index (χ1) is 8.69. The van der Waals surface area contributed by atoms with Gasteiger partial charge in [0.1, 0.15) is 0 Å². The fourth-order valence-corrected chi connectivity index (χ4v) is 2.07. The summed E-state index contributed by atoms with van der Waals surface area (Å²) in [6, 6.07) is 7.76. The van der Waals surface area contributed by atoms with E-state index in [9.17, 15) is 4.79 Å². The van der Waals surface area contributed by atoms with E-state index in [4.69, 9.17) is 0 Å². The van der Waals surface area contributed by atoms with E-state index in [-0.39, 0.29) is 0 Å². The second-order valence-electron chi connectivity index (χ2n) is 3.47. The van der Waals surface area contributed by atoms with Gasteiger partial charge in [0.15, 0.2) is 0 Å². The van der Waals surface area contributed by atoms with Crippen LogP contribution in [0, 0.1) is 0 Å². The van der Waals surface area contributed by atoms with Crippen LogP contribution in [-0.4, -0.2) is 18.1 Å². The third-order valence-corrected chi connectivity index (χ3v) is 3.02. The molecule has 18 heavy (non-hydrogen) atoms. The number of carbonyl (C=O) groups is 1. The molecule has 0 unspecified atom stereocenters. The Morgan fingerprint density at radius 1 is 1.44 bits per heavy atom. The highest BCUT2D eigenvalue weighted by Gasteiger charge is 2.01. The van der Waals surface area contributed by atoms with E-state index in [0.717, 1.165) is 10.2 Å². The summed E-state index contributed by atoms with van der Waals surface area (Å²) in [4.78, 5) is 15.3. The van der Waals surface area contributed by atoms with Crippen molar-refractivity contribution in [1.82, 2.24) is 4.98 Å². The highest BCUT2D eigenvalue weighted by atomic mass is 32.1. The van der Waals surface area contributed by atoms with Gasteiger partial charge in [-0.2, -0.15) is 5.11 Å². The predicted molar refractivity (Wildman–Crippen MR) is 69.9 cm³/mol. The lowest BCUT2D eigenvalue weighted by Crippen LogP contribution is -1.94. The first-order valence-electron chi connectivity index (χ1n) is 5.22. The number of allylic oxidation sites excluding steroid dienone is 1. The van der Waals surface area contributed by atoms with Crippen LogP contribution >= 0.6 is 11.3 Å². The molecule has 0 N–H and O–H groups in total. The Kier molecular flexibility index (Phi) is 3.78. The van der Waals surface area contributed by atoms with Crippen molar-refractivity contribution in [2.75, 3.05) is 7.11 Å². The van der Waals surface area contributed by atoms with Crippen LogP contribution < -0.4 is 0 Å². The number of para-hydroxylation sites is 1. The van der Waals surface area contributed by atoms with E-state index in [1.807, 2.05) is 24.3 Å². The van der Waals surface area contributed by atoms with Crippen LogP contribution in [0.15, 0.2) is 46.3 Å². The highest BCUT2D eigenvalue weighted by molar-refractivity contribution is 7.21. The second-order valence-corrected chi connectivity index (χ2v) is 4.48.